The molecule has 152 valence electrons. The van der Waals surface area contributed by atoms with Crippen LogP contribution < -0.4 is 5.32 Å². The summed E-state index contributed by atoms with van der Waals surface area (Å²) >= 11 is 0. The Morgan fingerprint density at radius 3 is 2.23 bits per heavy atom. The summed E-state index contributed by atoms with van der Waals surface area (Å²) in [5.41, 5.74) is 9.13. The van der Waals surface area contributed by atoms with Gasteiger partial charge < -0.3 is 10.4 Å². The Morgan fingerprint density at radius 2 is 1.48 bits per heavy atom. The molecule has 3 nitrogen and oxygen atoms in total. The van der Waals surface area contributed by atoms with Gasteiger partial charge >= 0.3 is 5.97 Å². The molecular formula is C28H23NO2. The third-order valence-electron chi connectivity index (χ3n) is 5.96. The van der Waals surface area contributed by atoms with Crippen molar-refractivity contribution in [2.24, 2.45) is 0 Å². The predicted molar refractivity (Wildman–Crippen MR) is 125 cm³/mol. The Balaban J connectivity index is 1.57. The van der Waals surface area contributed by atoms with Gasteiger partial charge in [-0.25, -0.2) is 4.79 Å². The molecule has 4 aromatic carbocycles. The summed E-state index contributed by atoms with van der Waals surface area (Å²) in [6, 6.07) is 32.0. The van der Waals surface area contributed by atoms with E-state index >= 15 is 0 Å². The maximum absolute atomic E-state index is 12.1. The number of rotatable bonds is 6. The van der Waals surface area contributed by atoms with Gasteiger partial charge in [0.1, 0.15) is 6.04 Å². The molecule has 0 radical (unpaired) electrons. The van der Waals surface area contributed by atoms with Gasteiger partial charge in [0.05, 0.1) is 0 Å². The largest absolute Gasteiger partial charge is 0.480 e. The standard InChI is InChI=1S/C28H23NO2/c30-28(31)26(17-19-9-3-1-4-10-19)29-25-16-15-23(20-11-5-2-6-12-20)27-22-14-8-7-13-21(22)18-24(25)27/h1-16,26,29H,17-18H2,(H,30,31)/t26-/m0/s1. The van der Waals surface area contributed by atoms with Gasteiger partial charge in [-0.15, -0.1) is 0 Å². The maximum atomic E-state index is 12.1. The Labute approximate surface area is 182 Å². The molecule has 2 N–H and O–H groups in total. The smallest absolute Gasteiger partial charge is 0.326 e. The molecule has 0 aliphatic heterocycles. The van der Waals surface area contributed by atoms with E-state index in [2.05, 4.69) is 59.9 Å². The number of aliphatic carboxylic acids is 1. The second kappa shape index (κ2) is 8.11. The third-order valence-corrected chi connectivity index (χ3v) is 5.96. The van der Waals surface area contributed by atoms with Gasteiger partial charge in [-0.3, -0.25) is 0 Å². The van der Waals surface area contributed by atoms with E-state index in [1.807, 2.05) is 42.5 Å². The number of benzene rings is 4. The fourth-order valence-corrected chi connectivity index (χ4v) is 4.48. The van der Waals surface area contributed by atoms with Crippen molar-refractivity contribution in [3.8, 4) is 22.3 Å². The van der Waals surface area contributed by atoms with E-state index in [0.717, 1.165) is 17.7 Å². The average Bonchev–Trinajstić information content (AvgIpc) is 3.20. The number of anilines is 1. The summed E-state index contributed by atoms with van der Waals surface area (Å²) in [6.07, 6.45) is 1.23. The lowest BCUT2D eigenvalue weighted by atomic mass is 9.93. The van der Waals surface area contributed by atoms with Gasteiger partial charge in [-0.05, 0) is 45.0 Å². The summed E-state index contributed by atoms with van der Waals surface area (Å²) in [6.45, 7) is 0. The SMILES string of the molecule is O=C(O)[C@H](Cc1ccccc1)Nc1ccc(-c2ccccc2)c2c1Cc1ccccc1-2. The number of nitrogens with one attached hydrogen (secondary N) is 1. The lowest BCUT2D eigenvalue weighted by Gasteiger charge is -2.20. The Bertz CT molecular complexity index is 1230. The second-order valence-corrected chi connectivity index (χ2v) is 7.94. The lowest BCUT2D eigenvalue weighted by Crippen LogP contribution is -2.31. The highest BCUT2D eigenvalue weighted by Gasteiger charge is 2.27. The predicted octanol–water partition coefficient (Wildman–Crippen LogP) is 6.03. The monoisotopic (exact) mass is 405 g/mol. The number of hydrogen-bond donors (Lipinski definition) is 2. The summed E-state index contributed by atoms with van der Waals surface area (Å²) < 4.78 is 0. The Hall–Kier alpha value is -3.85. The van der Waals surface area contributed by atoms with E-state index in [9.17, 15) is 9.90 Å². The lowest BCUT2D eigenvalue weighted by molar-refractivity contribution is -0.137. The van der Waals surface area contributed by atoms with Crippen LogP contribution in [0.4, 0.5) is 5.69 Å². The maximum Gasteiger partial charge on any atom is 0.326 e. The molecule has 0 saturated heterocycles. The molecule has 31 heavy (non-hydrogen) atoms. The molecule has 0 amide bonds. The third kappa shape index (κ3) is 3.71. The molecule has 1 aliphatic rings. The molecule has 0 fully saturated rings. The van der Waals surface area contributed by atoms with Crippen LogP contribution in [0.3, 0.4) is 0 Å². The first-order valence-corrected chi connectivity index (χ1v) is 10.5. The van der Waals surface area contributed by atoms with Crippen LogP contribution in [0.1, 0.15) is 16.7 Å². The summed E-state index contributed by atoms with van der Waals surface area (Å²) in [5.74, 6) is -0.847. The van der Waals surface area contributed by atoms with Crippen molar-refractivity contribution in [3.05, 3.63) is 114 Å². The van der Waals surface area contributed by atoms with E-state index in [1.54, 1.807) is 0 Å². The summed E-state index contributed by atoms with van der Waals surface area (Å²) in [7, 11) is 0. The highest BCUT2D eigenvalue weighted by atomic mass is 16.4. The van der Waals surface area contributed by atoms with Crippen LogP contribution in [0.25, 0.3) is 22.3 Å². The first-order valence-electron chi connectivity index (χ1n) is 10.5. The van der Waals surface area contributed by atoms with Crippen molar-refractivity contribution in [2.45, 2.75) is 18.9 Å². The zero-order chi connectivity index (χ0) is 21.2. The molecule has 4 aromatic rings. The number of hydrogen-bond acceptors (Lipinski definition) is 2. The van der Waals surface area contributed by atoms with Gasteiger partial charge in [0.2, 0.25) is 0 Å². The van der Waals surface area contributed by atoms with Crippen LogP contribution in [0, 0.1) is 0 Å². The number of carboxylic acid groups (broad SMARTS) is 1. The fraction of sp³-hybridized carbons (Fsp3) is 0.107. The van der Waals surface area contributed by atoms with Crippen LogP contribution in [-0.4, -0.2) is 17.1 Å². The van der Waals surface area contributed by atoms with Crippen molar-refractivity contribution >= 4 is 11.7 Å². The van der Waals surface area contributed by atoms with E-state index in [4.69, 9.17) is 0 Å². The van der Waals surface area contributed by atoms with Crippen molar-refractivity contribution < 1.29 is 9.90 Å². The minimum Gasteiger partial charge on any atom is -0.480 e. The molecule has 1 aliphatic carbocycles. The molecule has 0 bridgehead atoms. The van der Waals surface area contributed by atoms with Gasteiger partial charge in [0, 0.05) is 18.5 Å². The van der Waals surface area contributed by atoms with Crippen LogP contribution in [0.15, 0.2) is 97.1 Å². The van der Waals surface area contributed by atoms with Gasteiger partial charge in [0.25, 0.3) is 0 Å². The highest BCUT2D eigenvalue weighted by Crippen LogP contribution is 2.46. The molecule has 0 spiro atoms. The minimum atomic E-state index is -0.847. The zero-order valence-corrected chi connectivity index (χ0v) is 17.1. The first-order chi connectivity index (χ1) is 15.2. The van der Waals surface area contributed by atoms with Crippen molar-refractivity contribution in [1.82, 2.24) is 0 Å². The fourth-order valence-electron chi connectivity index (χ4n) is 4.48. The number of fused-ring (bicyclic) bond motifs is 3. The second-order valence-electron chi connectivity index (χ2n) is 7.94. The van der Waals surface area contributed by atoms with Crippen molar-refractivity contribution in [1.29, 1.82) is 0 Å². The Morgan fingerprint density at radius 1 is 0.806 bits per heavy atom. The molecule has 3 heteroatoms. The molecular weight excluding hydrogens is 382 g/mol. The first kappa shape index (κ1) is 19.1. The molecule has 1 atom stereocenters. The summed E-state index contributed by atoms with van der Waals surface area (Å²) in [5, 5.41) is 13.2. The quantitative estimate of drug-likeness (QED) is 0.362. The van der Waals surface area contributed by atoms with Crippen LogP contribution in [-0.2, 0) is 17.6 Å². The van der Waals surface area contributed by atoms with E-state index in [1.165, 1.54) is 33.4 Å². The molecule has 0 unspecified atom stereocenters. The molecule has 5 rings (SSSR count). The molecule has 0 aromatic heterocycles. The van der Waals surface area contributed by atoms with Crippen LogP contribution in [0.5, 0.6) is 0 Å². The molecule has 0 saturated carbocycles. The van der Waals surface area contributed by atoms with Crippen LogP contribution in [0.2, 0.25) is 0 Å². The molecule has 0 heterocycles. The minimum absolute atomic E-state index is 0.429. The van der Waals surface area contributed by atoms with E-state index in [0.29, 0.717) is 6.42 Å². The number of carbonyl (C=O) groups is 1. The van der Waals surface area contributed by atoms with Gasteiger partial charge in [0.15, 0.2) is 0 Å². The number of carboxylic acids is 1. The van der Waals surface area contributed by atoms with Crippen molar-refractivity contribution in [2.75, 3.05) is 5.32 Å². The van der Waals surface area contributed by atoms with Gasteiger partial charge in [-0.1, -0.05) is 91.0 Å². The Kier molecular flexibility index (Phi) is 5.01. The van der Waals surface area contributed by atoms with E-state index < -0.39 is 12.0 Å². The topological polar surface area (TPSA) is 49.3 Å². The average molecular weight is 405 g/mol. The normalized spacial score (nSPS) is 12.6. The zero-order valence-electron chi connectivity index (χ0n) is 17.1. The summed E-state index contributed by atoms with van der Waals surface area (Å²) in [4.78, 5) is 12.1. The van der Waals surface area contributed by atoms with E-state index in [-0.39, 0.29) is 0 Å². The van der Waals surface area contributed by atoms with Crippen LogP contribution >= 0.6 is 0 Å². The highest BCUT2D eigenvalue weighted by molar-refractivity contribution is 5.94. The van der Waals surface area contributed by atoms with Crippen molar-refractivity contribution in [3.63, 3.8) is 0 Å². The van der Waals surface area contributed by atoms with Gasteiger partial charge in [-0.2, -0.15) is 0 Å².